The third-order valence-electron chi connectivity index (χ3n) is 4.01. The van der Waals surface area contributed by atoms with E-state index in [-0.39, 0.29) is 5.92 Å². The predicted octanol–water partition coefficient (Wildman–Crippen LogP) is 4.51. The van der Waals surface area contributed by atoms with Crippen molar-refractivity contribution in [2.24, 2.45) is 11.8 Å². The van der Waals surface area contributed by atoms with Gasteiger partial charge in [0.2, 0.25) is 0 Å². The van der Waals surface area contributed by atoms with Crippen LogP contribution in [-0.2, 0) is 19.1 Å². The van der Waals surface area contributed by atoms with Gasteiger partial charge >= 0.3 is 11.9 Å². The summed E-state index contributed by atoms with van der Waals surface area (Å²) in [5, 5.41) is 0. The van der Waals surface area contributed by atoms with Crippen molar-refractivity contribution in [1.82, 2.24) is 0 Å². The van der Waals surface area contributed by atoms with Crippen LogP contribution in [0.5, 0.6) is 0 Å². The highest BCUT2D eigenvalue weighted by molar-refractivity contribution is 5.95. The molecule has 4 nitrogen and oxygen atoms in total. The van der Waals surface area contributed by atoms with Crippen LogP contribution in [0.1, 0.15) is 79.1 Å². The third-order valence-corrected chi connectivity index (χ3v) is 4.01. The number of unbranched alkanes of at least 4 members (excludes halogenated alkanes) is 5. The molecule has 22 heavy (non-hydrogen) atoms. The SMILES string of the molecule is CCCCCCCCC(CC)C(C(=O)OCC)C(=O)OCC. The molecule has 0 aromatic heterocycles. The zero-order valence-electron chi connectivity index (χ0n) is 14.9. The van der Waals surface area contributed by atoms with Gasteiger partial charge in [-0.25, -0.2) is 0 Å². The second-order valence-electron chi connectivity index (χ2n) is 5.71. The Balaban J connectivity index is 4.49. The molecule has 0 radical (unpaired) electrons. The van der Waals surface area contributed by atoms with Crippen molar-refractivity contribution >= 4 is 11.9 Å². The maximum Gasteiger partial charge on any atom is 0.320 e. The maximum atomic E-state index is 12.1. The zero-order valence-corrected chi connectivity index (χ0v) is 14.9. The van der Waals surface area contributed by atoms with Crippen molar-refractivity contribution in [3.63, 3.8) is 0 Å². The Morgan fingerprint density at radius 1 is 0.773 bits per heavy atom. The van der Waals surface area contributed by atoms with E-state index in [1.54, 1.807) is 13.8 Å². The molecular weight excluding hydrogens is 280 g/mol. The fourth-order valence-electron chi connectivity index (χ4n) is 2.74. The Labute approximate surface area is 135 Å². The Morgan fingerprint density at radius 2 is 1.27 bits per heavy atom. The molecule has 1 atom stereocenters. The normalized spacial score (nSPS) is 12.2. The molecule has 0 fully saturated rings. The van der Waals surface area contributed by atoms with Crippen LogP contribution in [0.4, 0.5) is 0 Å². The van der Waals surface area contributed by atoms with Crippen LogP contribution >= 0.6 is 0 Å². The lowest BCUT2D eigenvalue weighted by Gasteiger charge is -2.23. The van der Waals surface area contributed by atoms with Gasteiger partial charge in [-0.05, 0) is 26.2 Å². The first-order chi connectivity index (χ1) is 10.6. The summed E-state index contributed by atoms with van der Waals surface area (Å²) in [6, 6.07) is 0. The van der Waals surface area contributed by atoms with Crippen LogP contribution < -0.4 is 0 Å². The monoisotopic (exact) mass is 314 g/mol. The van der Waals surface area contributed by atoms with E-state index in [2.05, 4.69) is 6.92 Å². The number of carbonyl (C=O) groups is 2. The lowest BCUT2D eigenvalue weighted by atomic mass is 9.85. The van der Waals surface area contributed by atoms with Crippen molar-refractivity contribution in [3.05, 3.63) is 0 Å². The van der Waals surface area contributed by atoms with E-state index in [1.165, 1.54) is 25.7 Å². The standard InChI is InChI=1S/C18H34O4/c1-5-9-10-11-12-13-14-15(6-2)16(17(19)21-7-3)18(20)22-8-4/h15-16H,5-14H2,1-4H3. The molecule has 1 unspecified atom stereocenters. The molecule has 0 saturated carbocycles. The van der Waals surface area contributed by atoms with Crippen LogP contribution in [0.2, 0.25) is 0 Å². The minimum absolute atomic E-state index is 0.0178. The van der Waals surface area contributed by atoms with Crippen molar-refractivity contribution in [2.75, 3.05) is 13.2 Å². The third kappa shape index (κ3) is 8.40. The van der Waals surface area contributed by atoms with Gasteiger partial charge < -0.3 is 9.47 Å². The highest BCUT2D eigenvalue weighted by Crippen LogP contribution is 2.26. The van der Waals surface area contributed by atoms with Gasteiger partial charge in [0.1, 0.15) is 0 Å². The van der Waals surface area contributed by atoms with Gasteiger partial charge in [-0.1, -0.05) is 58.8 Å². The van der Waals surface area contributed by atoms with Crippen LogP contribution in [0.15, 0.2) is 0 Å². The molecule has 0 N–H and O–H groups in total. The van der Waals surface area contributed by atoms with E-state index in [9.17, 15) is 9.59 Å². The number of hydrogen-bond donors (Lipinski definition) is 0. The van der Waals surface area contributed by atoms with Crippen LogP contribution in [-0.4, -0.2) is 25.2 Å². The molecule has 0 aromatic carbocycles. The average molecular weight is 314 g/mol. The smallest absolute Gasteiger partial charge is 0.320 e. The van der Waals surface area contributed by atoms with Gasteiger partial charge in [-0.15, -0.1) is 0 Å². The van der Waals surface area contributed by atoms with Gasteiger partial charge in [0.05, 0.1) is 13.2 Å². The summed E-state index contributed by atoms with van der Waals surface area (Å²) < 4.78 is 10.1. The first-order valence-corrected chi connectivity index (χ1v) is 8.95. The average Bonchev–Trinajstić information content (AvgIpc) is 2.49. The van der Waals surface area contributed by atoms with E-state index in [0.717, 1.165) is 25.7 Å². The Kier molecular flexibility index (Phi) is 12.9. The molecule has 0 bridgehead atoms. The van der Waals surface area contributed by atoms with Gasteiger partial charge in [0, 0.05) is 0 Å². The Hall–Kier alpha value is -1.06. The number of hydrogen-bond acceptors (Lipinski definition) is 4. The minimum atomic E-state index is -0.763. The number of ether oxygens (including phenoxy) is 2. The molecular formula is C18H34O4. The molecule has 0 aliphatic heterocycles. The second kappa shape index (κ2) is 13.6. The van der Waals surface area contributed by atoms with Crippen LogP contribution in [0.25, 0.3) is 0 Å². The molecule has 0 rings (SSSR count). The largest absolute Gasteiger partial charge is 0.465 e. The molecule has 0 aliphatic rings. The van der Waals surface area contributed by atoms with Gasteiger partial charge in [-0.3, -0.25) is 9.59 Å². The maximum absolute atomic E-state index is 12.1. The second-order valence-corrected chi connectivity index (χ2v) is 5.71. The van der Waals surface area contributed by atoms with Crippen molar-refractivity contribution < 1.29 is 19.1 Å². The van der Waals surface area contributed by atoms with E-state index in [1.807, 2.05) is 6.92 Å². The lowest BCUT2D eigenvalue weighted by Crippen LogP contribution is -2.34. The molecule has 0 amide bonds. The highest BCUT2D eigenvalue weighted by atomic mass is 16.6. The van der Waals surface area contributed by atoms with Crippen molar-refractivity contribution in [2.45, 2.75) is 79.1 Å². The Morgan fingerprint density at radius 3 is 1.73 bits per heavy atom. The number of rotatable bonds is 13. The summed E-state index contributed by atoms with van der Waals surface area (Å²) in [5.41, 5.74) is 0. The molecule has 0 aromatic rings. The van der Waals surface area contributed by atoms with E-state index >= 15 is 0 Å². The number of carbonyl (C=O) groups excluding carboxylic acids is 2. The fraction of sp³-hybridized carbons (Fsp3) is 0.889. The molecule has 0 saturated heterocycles. The molecule has 0 aliphatic carbocycles. The summed E-state index contributed by atoms with van der Waals surface area (Å²) in [6.07, 6.45) is 8.91. The van der Waals surface area contributed by atoms with Gasteiger partial charge in [-0.2, -0.15) is 0 Å². The first kappa shape index (κ1) is 20.9. The van der Waals surface area contributed by atoms with Crippen molar-refractivity contribution in [1.29, 1.82) is 0 Å². The molecule has 0 spiro atoms. The minimum Gasteiger partial charge on any atom is -0.465 e. The topological polar surface area (TPSA) is 52.6 Å². The Bertz CT molecular complexity index is 283. The summed E-state index contributed by atoms with van der Waals surface area (Å²) in [5.74, 6) is -1.61. The summed E-state index contributed by atoms with van der Waals surface area (Å²) >= 11 is 0. The number of esters is 2. The van der Waals surface area contributed by atoms with Crippen LogP contribution in [0.3, 0.4) is 0 Å². The van der Waals surface area contributed by atoms with E-state index < -0.39 is 17.9 Å². The van der Waals surface area contributed by atoms with Crippen molar-refractivity contribution in [3.8, 4) is 0 Å². The van der Waals surface area contributed by atoms with Gasteiger partial charge in [0.25, 0.3) is 0 Å². The van der Waals surface area contributed by atoms with E-state index in [0.29, 0.717) is 13.2 Å². The lowest BCUT2D eigenvalue weighted by molar-refractivity contribution is -0.164. The fourth-order valence-corrected chi connectivity index (χ4v) is 2.74. The summed E-state index contributed by atoms with van der Waals surface area (Å²) in [6.45, 7) is 8.33. The summed E-state index contributed by atoms with van der Waals surface area (Å²) in [4.78, 5) is 24.2. The summed E-state index contributed by atoms with van der Waals surface area (Å²) in [7, 11) is 0. The molecule has 4 heteroatoms. The highest BCUT2D eigenvalue weighted by Gasteiger charge is 2.36. The van der Waals surface area contributed by atoms with Gasteiger partial charge in [0.15, 0.2) is 5.92 Å². The van der Waals surface area contributed by atoms with Crippen LogP contribution in [0, 0.1) is 11.8 Å². The predicted molar refractivity (Wildman–Crippen MR) is 88.5 cm³/mol. The first-order valence-electron chi connectivity index (χ1n) is 8.95. The van der Waals surface area contributed by atoms with E-state index in [4.69, 9.17) is 9.47 Å². The molecule has 130 valence electrons. The zero-order chi connectivity index (χ0) is 16.8. The quantitative estimate of drug-likeness (QED) is 0.285. The molecule has 0 heterocycles.